The minimum absolute atomic E-state index is 0.143. The predicted octanol–water partition coefficient (Wildman–Crippen LogP) is 3.32. The highest BCUT2D eigenvalue weighted by molar-refractivity contribution is 5.39. The first-order valence-corrected chi connectivity index (χ1v) is 7.85. The van der Waals surface area contributed by atoms with Gasteiger partial charge in [0.15, 0.2) is 0 Å². The average Bonchev–Trinajstić information content (AvgIpc) is 2.39. The van der Waals surface area contributed by atoms with Crippen molar-refractivity contribution in [3.8, 4) is 5.75 Å². The van der Waals surface area contributed by atoms with Crippen molar-refractivity contribution in [3.05, 3.63) is 29.6 Å². The summed E-state index contributed by atoms with van der Waals surface area (Å²) in [7, 11) is 0. The van der Waals surface area contributed by atoms with E-state index in [0.29, 0.717) is 11.8 Å². The van der Waals surface area contributed by atoms with Crippen LogP contribution in [0.25, 0.3) is 0 Å². The summed E-state index contributed by atoms with van der Waals surface area (Å²) < 4.78 is 19.4. The van der Waals surface area contributed by atoms with E-state index in [4.69, 9.17) is 4.74 Å². The SMILES string of the molecule is CC1(C)CC(NC2CCC(O)CC2)c2ccc(F)cc2O1. The second-order valence-electron chi connectivity index (χ2n) is 6.97. The number of nitrogens with one attached hydrogen (secondary N) is 1. The molecule has 1 unspecified atom stereocenters. The van der Waals surface area contributed by atoms with Gasteiger partial charge in [-0.15, -0.1) is 0 Å². The largest absolute Gasteiger partial charge is 0.487 e. The molecule has 1 aliphatic heterocycles. The molecule has 2 aliphatic rings. The standard InChI is InChI=1S/C17H24FNO2/c1-17(2)10-15(19-12-4-6-13(20)7-5-12)14-8-3-11(18)9-16(14)21-17/h3,8-9,12-13,15,19-20H,4-7,10H2,1-2H3. The fraction of sp³-hybridized carbons (Fsp3) is 0.647. The topological polar surface area (TPSA) is 41.5 Å². The Balaban J connectivity index is 1.78. The van der Waals surface area contributed by atoms with Gasteiger partial charge >= 0.3 is 0 Å². The summed E-state index contributed by atoms with van der Waals surface area (Å²) in [6, 6.07) is 5.42. The molecule has 3 rings (SSSR count). The molecule has 2 N–H and O–H groups in total. The molecular formula is C17H24FNO2. The van der Waals surface area contributed by atoms with Crippen LogP contribution in [0.2, 0.25) is 0 Å². The molecule has 1 aliphatic carbocycles. The molecule has 1 aromatic carbocycles. The third-order valence-corrected chi connectivity index (χ3v) is 4.57. The number of benzene rings is 1. The van der Waals surface area contributed by atoms with Crippen LogP contribution in [0.15, 0.2) is 18.2 Å². The molecule has 1 heterocycles. The van der Waals surface area contributed by atoms with Gasteiger partial charge in [-0.1, -0.05) is 6.07 Å². The van der Waals surface area contributed by atoms with E-state index in [1.165, 1.54) is 12.1 Å². The Labute approximate surface area is 125 Å². The number of fused-ring (bicyclic) bond motifs is 1. The number of hydrogen-bond acceptors (Lipinski definition) is 3. The predicted molar refractivity (Wildman–Crippen MR) is 79.9 cm³/mol. The van der Waals surface area contributed by atoms with E-state index in [2.05, 4.69) is 5.32 Å². The summed E-state index contributed by atoms with van der Waals surface area (Å²) >= 11 is 0. The number of ether oxygens (including phenoxy) is 1. The molecule has 0 aromatic heterocycles. The Kier molecular flexibility index (Phi) is 3.93. The minimum atomic E-state index is -0.299. The second-order valence-corrected chi connectivity index (χ2v) is 6.97. The van der Waals surface area contributed by atoms with E-state index in [1.54, 1.807) is 0 Å². The third kappa shape index (κ3) is 3.38. The second kappa shape index (κ2) is 5.58. The maximum atomic E-state index is 13.4. The van der Waals surface area contributed by atoms with Crippen LogP contribution in [0.1, 0.15) is 57.6 Å². The molecule has 1 fully saturated rings. The lowest BCUT2D eigenvalue weighted by Gasteiger charge is -2.40. The first kappa shape index (κ1) is 14.8. The van der Waals surface area contributed by atoms with Crippen molar-refractivity contribution < 1.29 is 14.2 Å². The quantitative estimate of drug-likeness (QED) is 0.879. The highest BCUT2D eigenvalue weighted by Gasteiger charge is 2.35. The molecule has 4 heteroatoms. The summed E-state index contributed by atoms with van der Waals surface area (Å²) in [4.78, 5) is 0. The van der Waals surface area contributed by atoms with Crippen LogP contribution < -0.4 is 10.1 Å². The summed E-state index contributed by atoms with van der Waals surface area (Å²) in [6.07, 6.45) is 4.44. The molecule has 0 bridgehead atoms. The maximum Gasteiger partial charge on any atom is 0.127 e. The molecule has 0 saturated heterocycles. The van der Waals surface area contributed by atoms with Crippen LogP contribution in [0, 0.1) is 5.82 Å². The van der Waals surface area contributed by atoms with Crippen molar-refractivity contribution in [3.63, 3.8) is 0 Å². The van der Waals surface area contributed by atoms with Crippen LogP contribution in [-0.4, -0.2) is 22.9 Å². The zero-order valence-electron chi connectivity index (χ0n) is 12.7. The zero-order chi connectivity index (χ0) is 15.0. The molecule has 21 heavy (non-hydrogen) atoms. The van der Waals surface area contributed by atoms with Crippen LogP contribution in [-0.2, 0) is 0 Å². The van der Waals surface area contributed by atoms with Crippen molar-refractivity contribution >= 4 is 0 Å². The summed E-state index contributed by atoms with van der Waals surface area (Å²) in [6.45, 7) is 4.08. The lowest BCUT2D eigenvalue weighted by Crippen LogP contribution is -2.44. The van der Waals surface area contributed by atoms with Crippen LogP contribution in [0.4, 0.5) is 4.39 Å². The first-order chi connectivity index (χ1) is 9.93. The number of halogens is 1. The molecule has 116 valence electrons. The van der Waals surface area contributed by atoms with E-state index in [0.717, 1.165) is 37.7 Å². The number of aliphatic hydroxyl groups is 1. The fourth-order valence-corrected chi connectivity index (χ4v) is 3.50. The van der Waals surface area contributed by atoms with Crippen molar-refractivity contribution in [1.82, 2.24) is 5.32 Å². The van der Waals surface area contributed by atoms with Crippen molar-refractivity contribution in [2.45, 2.75) is 69.7 Å². The molecule has 0 radical (unpaired) electrons. The van der Waals surface area contributed by atoms with Gasteiger partial charge in [0.2, 0.25) is 0 Å². The number of hydrogen-bond donors (Lipinski definition) is 2. The summed E-state index contributed by atoms with van der Waals surface area (Å²) in [5.74, 6) is 0.394. The van der Waals surface area contributed by atoms with Crippen molar-refractivity contribution in [2.75, 3.05) is 0 Å². The number of rotatable bonds is 2. The van der Waals surface area contributed by atoms with Gasteiger partial charge in [-0.2, -0.15) is 0 Å². The lowest BCUT2D eigenvalue weighted by atomic mass is 9.87. The smallest absolute Gasteiger partial charge is 0.127 e. The lowest BCUT2D eigenvalue weighted by molar-refractivity contribution is 0.0575. The summed E-state index contributed by atoms with van der Waals surface area (Å²) in [5, 5.41) is 13.3. The minimum Gasteiger partial charge on any atom is -0.487 e. The zero-order valence-corrected chi connectivity index (χ0v) is 12.7. The fourth-order valence-electron chi connectivity index (χ4n) is 3.50. The van der Waals surface area contributed by atoms with E-state index in [9.17, 15) is 9.50 Å². The average molecular weight is 293 g/mol. The van der Waals surface area contributed by atoms with Gasteiger partial charge in [-0.3, -0.25) is 0 Å². The van der Waals surface area contributed by atoms with Crippen molar-refractivity contribution in [1.29, 1.82) is 0 Å². The highest BCUT2D eigenvalue weighted by atomic mass is 19.1. The first-order valence-electron chi connectivity index (χ1n) is 7.85. The van der Waals surface area contributed by atoms with Gasteiger partial charge < -0.3 is 15.2 Å². The third-order valence-electron chi connectivity index (χ3n) is 4.57. The Morgan fingerprint density at radius 3 is 2.67 bits per heavy atom. The van der Waals surface area contributed by atoms with E-state index >= 15 is 0 Å². The van der Waals surface area contributed by atoms with Crippen molar-refractivity contribution in [2.24, 2.45) is 0 Å². The van der Waals surface area contributed by atoms with E-state index in [1.807, 2.05) is 19.9 Å². The molecule has 3 nitrogen and oxygen atoms in total. The van der Waals surface area contributed by atoms with Crippen LogP contribution in [0.5, 0.6) is 5.75 Å². The van der Waals surface area contributed by atoms with Gasteiger partial charge in [0.05, 0.1) is 6.10 Å². The monoisotopic (exact) mass is 293 g/mol. The van der Waals surface area contributed by atoms with E-state index in [-0.39, 0.29) is 23.6 Å². The van der Waals surface area contributed by atoms with Gasteiger partial charge in [0.25, 0.3) is 0 Å². The van der Waals surface area contributed by atoms with Gasteiger partial charge in [0, 0.05) is 30.1 Å². The molecule has 0 amide bonds. The van der Waals surface area contributed by atoms with Gasteiger partial charge in [-0.25, -0.2) is 4.39 Å². The molecule has 1 atom stereocenters. The van der Waals surface area contributed by atoms with Crippen LogP contribution in [0.3, 0.4) is 0 Å². The highest BCUT2D eigenvalue weighted by Crippen LogP contribution is 2.40. The van der Waals surface area contributed by atoms with Crippen LogP contribution >= 0.6 is 0 Å². The number of aliphatic hydroxyl groups excluding tert-OH is 1. The molecular weight excluding hydrogens is 269 g/mol. The van der Waals surface area contributed by atoms with Gasteiger partial charge in [0.1, 0.15) is 17.2 Å². The molecule has 1 saturated carbocycles. The van der Waals surface area contributed by atoms with Gasteiger partial charge in [-0.05, 0) is 45.6 Å². The molecule has 1 aromatic rings. The van der Waals surface area contributed by atoms with E-state index < -0.39 is 0 Å². The summed E-state index contributed by atoms with van der Waals surface area (Å²) in [5.41, 5.74) is 0.744. The maximum absolute atomic E-state index is 13.4. The molecule has 0 spiro atoms. The Morgan fingerprint density at radius 2 is 1.95 bits per heavy atom. The Morgan fingerprint density at radius 1 is 1.24 bits per heavy atom. The Bertz CT molecular complexity index is 510. The normalized spacial score (nSPS) is 31.3. The Hall–Kier alpha value is -1.13.